The van der Waals surface area contributed by atoms with E-state index in [-0.39, 0.29) is 0 Å². The van der Waals surface area contributed by atoms with Gasteiger partial charge in [0.15, 0.2) is 18.9 Å². The summed E-state index contributed by atoms with van der Waals surface area (Å²) in [6.45, 7) is 2.40. The van der Waals surface area contributed by atoms with Crippen molar-refractivity contribution < 1.29 is 14.0 Å². The largest absolute Gasteiger partial charge is 0.490 e. The normalized spacial score (nSPS) is 18.7. The summed E-state index contributed by atoms with van der Waals surface area (Å²) in [4.78, 5) is 0. The Balaban J connectivity index is 1.16. The van der Waals surface area contributed by atoms with Crippen LogP contribution in [-0.4, -0.2) is 12.7 Å². The van der Waals surface area contributed by atoms with Crippen LogP contribution in [0, 0.1) is 5.92 Å². The Morgan fingerprint density at radius 3 is 2.07 bits per heavy atom. The molecule has 0 unspecified atom stereocenters. The van der Waals surface area contributed by atoms with Gasteiger partial charge in [0.1, 0.15) is 5.75 Å². The molecule has 2 aromatic carbocycles. The lowest BCUT2D eigenvalue weighted by Crippen LogP contribution is -2.37. The molecule has 1 saturated carbocycles. The number of aromatic nitrogens is 1. The highest BCUT2D eigenvalue weighted by Gasteiger charge is 2.31. The Bertz CT molecular complexity index is 812. The average molecular weight is 360 g/mol. The van der Waals surface area contributed by atoms with Crippen LogP contribution in [-0.2, 0) is 17.9 Å². The summed E-state index contributed by atoms with van der Waals surface area (Å²) < 4.78 is 14.1. The third-order valence-corrected chi connectivity index (χ3v) is 5.03. The van der Waals surface area contributed by atoms with Crippen LogP contribution >= 0.6 is 0 Å². The van der Waals surface area contributed by atoms with Crippen molar-refractivity contribution in [1.29, 1.82) is 0 Å². The van der Waals surface area contributed by atoms with E-state index in [1.54, 1.807) is 0 Å². The molecule has 0 spiro atoms. The molecule has 0 saturated heterocycles. The van der Waals surface area contributed by atoms with Gasteiger partial charge in [-0.25, -0.2) is 4.57 Å². The Kier molecular flexibility index (Phi) is 5.80. The maximum absolute atomic E-state index is 6.08. The summed E-state index contributed by atoms with van der Waals surface area (Å²) >= 11 is 0. The predicted octanol–water partition coefficient (Wildman–Crippen LogP) is 4.40. The monoisotopic (exact) mass is 360 g/mol. The van der Waals surface area contributed by atoms with Crippen molar-refractivity contribution in [3.63, 3.8) is 0 Å². The molecular formula is C24H26NO2+. The van der Waals surface area contributed by atoms with Crippen LogP contribution in [0.3, 0.4) is 0 Å². The molecule has 3 heteroatoms. The molecule has 0 aliphatic heterocycles. The molecule has 0 atom stereocenters. The lowest BCUT2D eigenvalue weighted by Gasteiger charge is -2.35. The molecule has 3 nitrogen and oxygen atoms in total. The molecule has 0 radical (unpaired) electrons. The minimum absolute atomic E-state index is 0.320. The number of hydrogen-bond donors (Lipinski definition) is 0. The maximum Gasteiger partial charge on any atom is 0.173 e. The number of hydrogen-bond acceptors (Lipinski definition) is 2. The van der Waals surface area contributed by atoms with E-state index in [9.17, 15) is 0 Å². The topological polar surface area (TPSA) is 22.3 Å². The van der Waals surface area contributed by atoms with Gasteiger partial charge < -0.3 is 9.47 Å². The molecule has 1 aliphatic carbocycles. The third kappa shape index (κ3) is 5.18. The predicted molar refractivity (Wildman–Crippen MR) is 105 cm³/mol. The van der Waals surface area contributed by atoms with E-state index in [4.69, 9.17) is 9.47 Å². The van der Waals surface area contributed by atoms with E-state index in [2.05, 4.69) is 77.6 Å². The first-order chi connectivity index (χ1) is 13.3. The maximum atomic E-state index is 6.08. The smallest absolute Gasteiger partial charge is 0.173 e. The fourth-order valence-corrected chi connectivity index (χ4v) is 3.44. The van der Waals surface area contributed by atoms with Crippen molar-refractivity contribution in [1.82, 2.24) is 0 Å². The van der Waals surface area contributed by atoms with Crippen molar-refractivity contribution >= 4 is 0 Å². The molecule has 0 bridgehead atoms. The first-order valence-corrected chi connectivity index (χ1v) is 9.66. The van der Waals surface area contributed by atoms with Crippen LogP contribution in [0.4, 0.5) is 0 Å². The lowest BCUT2D eigenvalue weighted by molar-refractivity contribution is -0.688. The highest BCUT2D eigenvalue weighted by atomic mass is 16.5. The lowest BCUT2D eigenvalue weighted by atomic mass is 9.83. The third-order valence-electron chi connectivity index (χ3n) is 5.03. The van der Waals surface area contributed by atoms with Gasteiger partial charge in [0, 0.05) is 17.7 Å². The average Bonchev–Trinajstić information content (AvgIpc) is 2.69. The van der Waals surface area contributed by atoms with Gasteiger partial charge >= 0.3 is 0 Å². The van der Waals surface area contributed by atoms with E-state index >= 15 is 0 Å². The van der Waals surface area contributed by atoms with Crippen LogP contribution in [0.15, 0.2) is 85.2 Å². The molecule has 0 N–H and O–H groups in total. The molecule has 3 aromatic rings. The molecule has 138 valence electrons. The van der Waals surface area contributed by atoms with Crippen LogP contribution in [0.2, 0.25) is 0 Å². The van der Waals surface area contributed by atoms with Crippen molar-refractivity contribution in [3.05, 3.63) is 96.3 Å². The first kappa shape index (κ1) is 17.7. The van der Waals surface area contributed by atoms with Crippen molar-refractivity contribution in [3.8, 4) is 5.75 Å². The quantitative estimate of drug-likeness (QED) is 0.556. The van der Waals surface area contributed by atoms with Gasteiger partial charge in [0.25, 0.3) is 0 Å². The molecule has 1 heterocycles. The zero-order valence-electron chi connectivity index (χ0n) is 15.5. The van der Waals surface area contributed by atoms with E-state index in [0.29, 0.717) is 18.6 Å². The highest BCUT2D eigenvalue weighted by molar-refractivity contribution is 5.17. The van der Waals surface area contributed by atoms with E-state index < -0.39 is 0 Å². The Morgan fingerprint density at radius 2 is 1.41 bits per heavy atom. The van der Waals surface area contributed by atoms with Crippen LogP contribution in [0.5, 0.6) is 5.75 Å². The second kappa shape index (κ2) is 8.83. The second-order valence-corrected chi connectivity index (χ2v) is 7.27. The zero-order valence-corrected chi connectivity index (χ0v) is 15.5. The number of benzene rings is 2. The van der Waals surface area contributed by atoms with Gasteiger partial charge in [0.2, 0.25) is 0 Å². The summed E-state index contributed by atoms with van der Waals surface area (Å²) in [5.74, 6) is 1.57. The number of nitrogens with zero attached hydrogens (tertiary/aromatic N) is 1. The van der Waals surface area contributed by atoms with Crippen LogP contribution in [0.25, 0.3) is 0 Å². The van der Waals surface area contributed by atoms with E-state index in [1.165, 1.54) is 11.1 Å². The Labute approximate surface area is 161 Å². The van der Waals surface area contributed by atoms with Crippen LogP contribution < -0.4 is 9.30 Å². The highest BCUT2D eigenvalue weighted by Crippen LogP contribution is 2.31. The molecule has 4 rings (SSSR count). The van der Waals surface area contributed by atoms with Crippen molar-refractivity contribution in [2.75, 3.05) is 6.61 Å². The number of pyridine rings is 1. The molecule has 1 aliphatic rings. The van der Waals surface area contributed by atoms with Crippen molar-refractivity contribution in [2.45, 2.75) is 32.1 Å². The number of rotatable bonds is 8. The van der Waals surface area contributed by atoms with Gasteiger partial charge in [0.05, 0.1) is 19.3 Å². The Hall–Kier alpha value is -2.65. The molecule has 1 aromatic heterocycles. The summed E-state index contributed by atoms with van der Waals surface area (Å²) in [5, 5.41) is 0. The van der Waals surface area contributed by atoms with E-state index in [1.807, 2.05) is 12.1 Å². The fourth-order valence-electron chi connectivity index (χ4n) is 3.44. The standard InChI is InChI=1S/C24H26NO2/c1-3-7-20(8-4-1)17-25-13-11-23(12-14-25)27-24-15-22(16-24)19-26-18-21-9-5-2-6-10-21/h1-14,22,24H,15-19H2/q+1/t22-,24-. The summed E-state index contributed by atoms with van der Waals surface area (Å²) in [6.07, 6.45) is 6.64. The fraction of sp³-hybridized carbons (Fsp3) is 0.292. The zero-order chi connectivity index (χ0) is 18.3. The SMILES string of the molecule is c1ccc(COC[C@H]2C[C@H](Oc3cc[n+](Cc4ccccc4)cc3)C2)cc1. The second-order valence-electron chi connectivity index (χ2n) is 7.27. The first-order valence-electron chi connectivity index (χ1n) is 9.66. The number of ether oxygens (including phenoxy) is 2. The van der Waals surface area contributed by atoms with Gasteiger partial charge in [-0.05, 0) is 24.3 Å². The molecule has 27 heavy (non-hydrogen) atoms. The Morgan fingerprint density at radius 1 is 0.778 bits per heavy atom. The van der Waals surface area contributed by atoms with Gasteiger partial charge in [-0.2, -0.15) is 0 Å². The van der Waals surface area contributed by atoms with Gasteiger partial charge in [-0.15, -0.1) is 0 Å². The van der Waals surface area contributed by atoms with E-state index in [0.717, 1.165) is 31.7 Å². The molecular weight excluding hydrogens is 334 g/mol. The van der Waals surface area contributed by atoms with Gasteiger partial charge in [-0.1, -0.05) is 60.7 Å². The van der Waals surface area contributed by atoms with Gasteiger partial charge in [-0.3, -0.25) is 0 Å². The summed E-state index contributed by atoms with van der Waals surface area (Å²) in [6, 6.07) is 24.9. The minimum atomic E-state index is 0.320. The molecule has 0 amide bonds. The summed E-state index contributed by atoms with van der Waals surface area (Å²) in [5.41, 5.74) is 2.53. The van der Waals surface area contributed by atoms with Crippen LogP contribution in [0.1, 0.15) is 24.0 Å². The summed E-state index contributed by atoms with van der Waals surface area (Å²) in [7, 11) is 0. The molecule has 1 fully saturated rings. The minimum Gasteiger partial charge on any atom is -0.490 e. The van der Waals surface area contributed by atoms with Crippen molar-refractivity contribution in [2.24, 2.45) is 5.92 Å².